The molecule has 5 nitrogen and oxygen atoms in total. The summed E-state index contributed by atoms with van der Waals surface area (Å²) in [4.78, 5) is 22.7. The van der Waals surface area contributed by atoms with Crippen molar-refractivity contribution in [3.05, 3.63) is 12.2 Å². The van der Waals surface area contributed by atoms with Crippen molar-refractivity contribution in [3.8, 4) is 0 Å². The fourth-order valence-electron chi connectivity index (χ4n) is 1.19. The minimum absolute atomic E-state index is 0.206. The molecule has 0 rings (SSSR count). The molecule has 0 spiro atoms. The molecule has 0 aliphatic carbocycles. The maximum absolute atomic E-state index is 11.5. The van der Waals surface area contributed by atoms with Crippen LogP contribution in [0.4, 0.5) is 0 Å². The maximum atomic E-state index is 11.5. The first kappa shape index (κ1) is 16.6. The van der Waals surface area contributed by atoms with E-state index >= 15 is 0 Å². The largest absolute Gasteiger partial charge is 0.425 e. The van der Waals surface area contributed by atoms with Crippen LogP contribution in [0.5, 0.6) is 0 Å². The number of esters is 2. The van der Waals surface area contributed by atoms with Crippen molar-refractivity contribution >= 4 is 11.9 Å². The van der Waals surface area contributed by atoms with Crippen LogP contribution in [-0.4, -0.2) is 24.8 Å². The van der Waals surface area contributed by atoms with Gasteiger partial charge in [-0.2, -0.15) is 0 Å². The standard InChI is InChI=1S/C13H23NO4/c1-4-6-11(15)17-13(5-2)18-12(16)8-7-10(3)9-14/h13H,3-9,14H2,1-2H3. The van der Waals surface area contributed by atoms with Gasteiger partial charge in [-0.25, -0.2) is 0 Å². The van der Waals surface area contributed by atoms with Crippen LogP contribution < -0.4 is 5.73 Å². The van der Waals surface area contributed by atoms with Gasteiger partial charge >= 0.3 is 11.9 Å². The van der Waals surface area contributed by atoms with Gasteiger partial charge in [0.05, 0.1) is 0 Å². The maximum Gasteiger partial charge on any atom is 0.309 e. The molecule has 2 N–H and O–H groups in total. The van der Waals surface area contributed by atoms with Gasteiger partial charge in [-0.1, -0.05) is 26.0 Å². The second-order valence-corrected chi connectivity index (χ2v) is 4.02. The topological polar surface area (TPSA) is 78.6 Å². The molecule has 0 aromatic rings. The monoisotopic (exact) mass is 257 g/mol. The SMILES string of the molecule is C=C(CN)CCC(=O)OC(CC)OC(=O)CCC. The summed E-state index contributed by atoms with van der Waals surface area (Å²) in [6.45, 7) is 7.73. The minimum Gasteiger partial charge on any atom is -0.425 e. The Morgan fingerprint density at radius 1 is 1.11 bits per heavy atom. The number of nitrogens with two attached hydrogens (primary N) is 1. The average molecular weight is 257 g/mol. The number of hydrogen-bond acceptors (Lipinski definition) is 5. The Labute approximate surface area is 108 Å². The number of carbonyl (C=O) groups excluding carboxylic acids is 2. The molecule has 0 saturated heterocycles. The normalized spacial score (nSPS) is 11.7. The Kier molecular flexibility index (Phi) is 8.92. The number of carbonyl (C=O) groups is 2. The summed E-state index contributed by atoms with van der Waals surface area (Å²) in [5, 5.41) is 0. The first-order valence-electron chi connectivity index (χ1n) is 6.29. The van der Waals surface area contributed by atoms with Crippen LogP contribution >= 0.6 is 0 Å². The highest BCUT2D eigenvalue weighted by Gasteiger charge is 2.16. The summed E-state index contributed by atoms with van der Waals surface area (Å²) in [7, 11) is 0. The molecule has 1 atom stereocenters. The van der Waals surface area contributed by atoms with Gasteiger partial charge in [-0.3, -0.25) is 9.59 Å². The molecular weight excluding hydrogens is 234 g/mol. The molecule has 0 saturated carbocycles. The summed E-state index contributed by atoms with van der Waals surface area (Å²) >= 11 is 0. The third-order valence-corrected chi connectivity index (χ3v) is 2.28. The predicted octanol–water partition coefficient (Wildman–Crippen LogP) is 1.90. The molecule has 0 aliphatic rings. The van der Waals surface area contributed by atoms with E-state index in [0.717, 1.165) is 5.57 Å². The second-order valence-electron chi connectivity index (χ2n) is 4.02. The smallest absolute Gasteiger partial charge is 0.309 e. The zero-order valence-electron chi connectivity index (χ0n) is 11.2. The molecule has 104 valence electrons. The van der Waals surface area contributed by atoms with E-state index in [9.17, 15) is 9.59 Å². The van der Waals surface area contributed by atoms with E-state index < -0.39 is 12.3 Å². The third kappa shape index (κ3) is 7.84. The lowest BCUT2D eigenvalue weighted by atomic mass is 10.2. The van der Waals surface area contributed by atoms with Gasteiger partial charge in [0.15, 0.2) is 0 Å². The van der Waals surface area contributed by atoms with Crippen molar-refractivity contribution in [3.63, 3.8) is 0 Å². The zero-order chi connectivity index (χ0) is 14.0. The molecular formula is C13H23NO4. The van der Waals surface area contributed by atoms with E-state index in [2.05, 4.69) is 6.58 Å². The van der Waals surface area contributed by atoms with Crippen molar-refractivity contribution < 1.29 is 19.1 Å². The van der Waals surface area contributed by atoms with Crippen LogP contribution in [0.2, 0.25) is 0 Å². The van der Waals surface area contributed by atoms with Crippen LogP contribution in [-0.2, 0) is 19.1 Å². The van der Waals surface area contributed by atoms with E-state index in [1.165, 1.54) is 0 Å². The number of rotatable bonds is 9. The average Bonchev–Trinajstić information content (AvgIpc) is 2.35. The number of ether oxygens (including phenoxy) is 2. The third-order valence-electron chi connectivity index (χ3n) is 2.28. The van der Waals surface area contributed by atoms with E-state index in [0.29, 0.717) is 32.2 Å². The zero-order valence-corrected chi connectivity index (χ0v) is 11.2. The number of hydrogen-bond donors (Lipinski definition) is 1. The van der Waals surface area contributed by atoms with Crippen LogP contribution in [0.25, 0.3) is 0 Å². The Bertz CT molecular complexity index is 289. The van der Waals surface area contributed by atoms with Gasteiger partial charge in [-0.05, 0) is 12.8 Å². The highest BCUT2D eigenvalue weighted by Crippen LogP contribution is 2.08. The van der Waals surface area contributed by atoms with E-state index in [-0.39, 0.29) is 12.4 Å². The van der Waals surface area contributed by atoms with Gasteiger partial charge in [0.1, 0.15) is 0 Å². The summed E-state index contributed by atoms with van der Waals surface area (Å²) in [6, 6.07) is 0. The van der Waals surface area contributed by atoms with Crippen LogP contribution in [0.15, 0.2) is 12.2 Å². The second kappa shape index (κ2) is 9.65. The van der Waals surface area contributed by atoms with Gasteiger partial charge in [0.25, 0.3) is 0 Å². The van der Waals surface area contributed by atoms with Crippen molar-refractivity contribution in [2.75, 3.05) is 6.54 Å². The van der Waals surface area contributed by atoms with Crippen LogP contribution in [0.1, 0.15) is 46.0 Å². The molecule has 0 heterocycles. The molecule has 0 bridgehead atoms. The Morgan fingerprint density at radius 3 is 2.11 bits per heavy atom. The lowest BCUT2D eigenvalue weighted by Gasteiger charge is -2.16. The van der Waals surface area contributed by atoms with Gasteiger partial charge < -0.3 is 15.2 Å². The molecule has 5 heteroatoms. The van der Waals surface area contributed by atoms with Crippen molar-refractivity contribution in [2.45, 2.75) is 52.2 Å². The quantitative estimate of drug-likeness (QED) is 0.388. The van der Waals surface area contributed by atoms with Crippen LogP contribution in [0, 0.1) is 0 Å². The van der Waals surface area contributed by atoms with Crippen molar-refractivity contribution in [1.82, 2.24) is 0 Å². The highest BCUT2D eigenvalue weighted by atomic mass is 16.7. The van der Waals surface area contributed by atoms with Gasteiger partial charge in [-0.15, -0.1) is 0 Å². The predicted molar refractivity (Wildman–Crippen MR) is 68.6 cm³/mol. The summed E-state index contributed by atoms with van der Waals surface area (Å²) in [5.74, 6) is -0.746. The Morgan fingerprint density at radius 2 is 1.67 bits per heavy atom. The summed E-state index contributed by atoms with van der Waals surface area (Å²) in [6.07, 6.45) is 1.39. The van der Waals surface area contributed by atoms with Crippen molar-refractivity contribution in [2.24, 2.45) is 5.73 Å². The molecule has 0 amide bonds. The highest BCUT2D eigenvalue weighted by molar-refractivity contribution is 5.71. The van der Waals surface area contributed by atoms with Crippen molar-refractivity contribution in [1.29, 1.82) is 0 Å². The van der Waals surface area contributed by atoms with E-state index in [1.54, 1.807) is 6.92 Å². The van der Waals surface area contributed by atoms with E-state index in [4.69, 9.17) is 15.2 Å². The van der Waals surface area contributed by atoms with E-state index in [1.807, 2.05) is 6.92 Å². The van der Waals surface area contributed by atoms with Crippen LogP contribution in [0.3, 0.4) is 0 Å². The molecule has 0 aliphatic heterocycles. The summed E-state index contributed by atoms with van der Waals surface area (Å²) < 4.78 is 10.1. The summed E-state index contributed by atoms with van der Waals surface area (Å²) in [5.41, 5.74) is 6.16. The molecule has 0 fully saturated rings. The molecule has 0 radical (unpaired) electrons. The lowest BCUT2D eigenvalue weighted by molar-refractivity contribution is -0.188. The molecule has 1 unspecified atom stereocenters. The fourth-order valence-corrected chi connectivity index (χ4v) is 1.19. The first-order valence-corrected chi connectivity index (χ1v) is 6.29. The van der Waals surface area contributed by atoms with Gasteiger partial charge in [0.2, 0.25) is 6.29 Å². The molecule has 18 heavy (non-hydrogen) atoms. The Hall–Kier alpha value is -1.36. The lowest BCUT2D eigenvalue weighted by Crippen LogP contribution is -2.24. The fraction of sp³-hybridized carbons (Fsp3) is 0.692. The molecule has 0 aromatic carbocycles. The van der Waals surface area contributed by atoms with Gasteiger partial charge in [0, 0.05) is 25.8 Å². The Balaban J connectivity index is 4.00. The first-order chi connectivity index (χ1) is 8.53. The minimum atomic E-state index is -0.789. The molecule has 0 aromatic heterocycles.